The van der Waals surface area contributed by atoms with Crippen molar-refractivity contribution in [3.63, 3.8) is 0 Å². The number of aliphatic imine (C=N–C) groups is 1. The van der Waals surface area contributed by atoms with Gasteiger partial charge in [-0.3, -0.25) is 9.89 Å². The smallest absolute Gasteiger partial charge is 0.414 e. The van der Waals surface area contributed by atoms with Gasteiger partial charge in [-0.25, -0.2) is 4.79 Å². The van der Waals surface area contributed by atoms with Crippen molar-refractivity contribution in [1.82, 2.24) is 4.90 Å². The Balaban J connectivity index is 3.12. The molecular weight excluding hydrogens is 380 g/mol. The average Bonchev–Trinajstić information content (AvgIpc) is 2.58. The molecule has 0 bridgehead atoms. The van der Waals surface area contributed by atoms with Crippen LogP contribution in [-0.2, 0) is 4.74 Å². The van der Waals surface area contributed by atoms with Gasteiger partial charge >= 0.3 is 6.09 Å². The van der Waals surface area contributed by atoms with Crippen molar-refractivity contribution in [1.29, 1.82) is 0 Å². The fraction of sp³-hybridized carbons (Fsp3) is 0.700. The first-order chi connectivity index (χ1) is 11.5. The topological polar surface area (TPSA) is 41.9 Å². The number of carbonyl (C=O) groups excluding carboxylic acids is 1. The Morgan fingerprint density at radius 2 is 2.04 bits per heavy atom. The molecule has 0 aliphatic carbocycles. The largest absolute Gasteiger partial charge is 0.443 e. The molecule has 25 heavy (non-hydrogen) atoms. The molecule has 0 spiro atoms. The van der Waals surface area contributed by atoms with Gasteiger partial charge in [-0.2, -0.15) is 0 Å². The van der Waals surface area contributed by atoms with Crippen LogP contribution in [0, 0.1) is 5.41 Å². The van der Waals surface area contributed by atoms with Crippen LogP contribution in [-0.4, -0.2) is 28.9 Å². The molecule has 0 radical (unpaired) electrons. The zero-order valence-electron chi connectivity index (χ0n) is 16.8. The normalized spacial score (nSPS) is 22.2. The van der Waals surface area contributed by atoms with Crippen molar-refractivity contribution >= 4 is 27.7 Å². The maximum atomic E-state index is 12.7. The first-order valence-corrected chi connectivity index (χ1v) is 9.84. The van der Waals surface area contributed by atoms with Crippen molar-refractivity contribution in [2.24, 2.45) is 10.4 Å². The number of unbranched alkanes of at least 4 members (excludes halogenated alkanes) is 1. The first-order valence-electron chi connectivity index (χ1n) is 9.05. The highest BCUT2D eigenvalue weighted by atomic mass is 79.9. The fourth-order valence-electron chi connectivity index (χ4n) is 2.80. The summed E-state index contributed by atoms with van der Waals surface area (Å²) in [6.07, 6.45) is 7.42. The summed E-state index contributed by atoms with van der Waals surface area (Å²) in [6, 6.07) is 0. The molecule has 0 atom stereocenters. The van der Waals surface area contributed by atoms with E-state index < -0.39 is 5.60 Å². The molecule has 1 saturated heterocycles. The van der Waals surface area contributed by atoms with Crippen LogP contribution in [0.4, 0.5) is 4.79 Å². The third kappa shape index (κ3) is 7.76. The van der Waals surface area contributed by atoms with E-state index in [0.717, 1.165) is 35.3 Å². The van der Waals surface area contributed by atoms with Gasteiger partial charge in [0.1, 0.15) is 10.2 Å². The van der Waals surface area contributed by atoms with E-state index in [2.05, 4.69) is 42.8 Å². The molecule has 4 nitrogen and oxygen atoms in total. The van der Waals surface area contributed by atoms with Gasteiger partial charge in [0.15, 0.2) is 0 Å². The number of nitrogens with zero attached hydrogens (tertiary/aromatic N) is 2. The number of carbonyl (C=O) groups is 1. The molecule has 1 rings (SSSR count). The number of hydrogen-bond donors (Lipinski definition) is 0. The molecule has 5 heteroatoms. The number of rotatable bonds is 3. The molecule has 1 amide bonds. The van der Waals surface area contributed by atoms with Crippen molar-refractivity contribution < 1.29 is 9.53 Å². The zero-order chi connectivity index (χ0) is 19.3. The van der Waals surface area contributed by atoms with Gasteiger partial charge in [-0.1, -0.05) is 39.3 Å². The highest BCUT2D eigenvalue weighted by Crippen LogP contribution is 2.33. The van der Waals surface area contributed by atoms with Crippen LogP contribution in [0.3, 0.4) is 0 Å². The van der Waals surface area contributed by atoms with E-state index in [1.54, 1.807) is 4.90 Å². The van der Waals surface area contributed by atoms with Crippen molar-refractivity contribution in [2.45, 2.75) is 79.8 Å². The maximum Gasteiger partial charge on any atom is 0.414 e. The van der Waals surface area contributed by atoms with Crippen LogP contribution in [0.1, 0.15) is 74.1 Å². The van der Waals surface area contributed by atoms with Gasteiger partial charge in [-0.05, 0) is 61.9 Å². The SMILES string of the molecule is C/C=C1\CC(=N/C(Br)=C\CCC)CC(C)(C)CN1C(=O)OC(C)(C)C. The predicted octanol–water partition coefficient (Wildman–Crippen LogP) is 6.42. The monoisotopic (exact) mass is 412 g/mol. The van der Waals surface area contributed by atoms with E-state index in [-0.39, 0.29) is 11.5 Å². The standard InChI is InChI=1S/C20H33BrN2O2/c1-8-10-11-17(21)22-15-12-16(9-2)23(14-20(6,7)13-15)18(24)25-19(3,4)5/h9,11H,8,10,12-14H2,1-7H3/b16-9+,17-11-,22-15?. The number of ether oxygens (including phenoxy) is 1. The molecule has 1 aliphatic rings. The lowest BCUT2D eigenvalue weighted by molar-refractivity contribution is 0.0262. The minimum atomic E-state index is -0.505. The summed E-state index contributed by atoms with van der Waals surface area (Å²) in [7, 11) is 0. The number of hydrogen-bond acceptors (Lipinski definition) is 3. The number of halogens is 1. The average molecular weight is 413 g/mol. The van der Waals surface area contributed by atoms with Crippen LogP contribution in [0.15, 0.2) is 27.4 Å². The summed E-state index contributed by atoms with van der Waals surface area (Å²) in [5.41, 5.74) is 1.46. The van der Waals surface area contributed by atoms with Crippen molar-refractivity contribution in [3.05, 3.63) is 22.5 Å². The number of amides is 1. The Labute approximate surface area is 161 Å². The molecule has 1 aliphatic heterocycles. The van der Waals surface area contributed by atoms with E-state index in [1.807, 2.05) is 33.8 Å². The van der Waals surface area contributed by atoms with Gasteiger partial charge in [0.05, 0.1) is 0 Å². The van der Waals surface area contributed by atoms with E-state index in [0.29, 0.717) is 13.0 Å². The van der Waals surface area contributed by atoms with Crippen molar-refractivity contribution in [3.8, 4) is 0 Å². The lowest BCUT2D eigenvalue weighted by atomic mass is 9.87. The number of likely N-dealkylation sites (tertiary alicyclic amines) is 1. The molecule has 1 heterocycles. The second kappa shape index (κ2) is 9.02. The molecule has 0 aromatic rings. The molecule has 0 N–H and O–H groups in total. The highest BCUT2D eigenvalue weighted by Gasteiger charge is 2.34. The quantitative estimate of drug-likeness (QED) is 0.501. The van der Waals surface area contributed by atoms with Crippen LogP contribution in [0.5, 0.6) is 0 Å². The van der Waals surface area contributed by atoms with Gasteiger partial charge < -0.3 is 4.74 Å². The minimum Gasteiger partial charge on any atom is -0.443 e. The second-order valence-corrected chi connectivity index (χ2v) is 9.17. The molecular formula is C20H33BrN2O2. The summed E-state index contributed by atoms with van der Waals surface area (Å²) < 4.78 is 6.49. The first kappa shape index (κ1) is 21.9. The Morgan fingerprint density at radius 3 is 2.56 bits per heavy atom. The zero-order valence-corrected chi connectivity index (χ0v) is 18.4. The summed E-state index contributed by atoms with van der Waals surface area (Å²) in [5.74, 6) is 0. The lowest BCUT2D eigenvalue weighted by Crippen LogP contribution is -2.40. The predicted molar refractivity (Wildman–Crippen MR) is 109 cm³/mol. The van der Waals surface area contributed by atoms with Gasteiger partial charge in [0, 0.05) is 24.4 Å². The highest BCUT2D eigenvalue weighted by molar-refractivity contribution is 9.11. The Morgan fingerprint density at radius 1 is 1.40 bits per heavy atom. The van der Waals surface area contributed by atoms with Crippen LogP contribution < -0.4 is 0 Å². The van der Waals surface area contributed by atoms with Gasteiger partial charge in [0.25, 0.3) is 0 Å². The second-order valence-electron chi connectivity index (χ2n) is 8.36. The summed E-state index contributed by atoms with van der Waals surface area (Å²) in [6.45, 7) is 14.8. The number of allylic oxidation sites excluding steroid dienone is 3. The van der Waals surface area contributed by atoms with E-state index in [1.165, 1.54) is 0 Å². The molecule has 142 valence electrons. The van der Waals surface area contributed by atoms with E-state index in [9.17, 15) is 4.79 Å². The molecule has 0 saturated carbocycles. The third-order valence-corrected chi connectivity index (χ3v) is 4.32. The molecule has 0 aromatic heterocycles. The van der Waals surface area contributed by atoms with Crippen LogP contribution >= 0.6 is 15.9 Å². The lowest BCUT2D eigenvalue weighted by Gasteiger charge is -2.32. The summed E-state index contributed by atoms with van der Waals surface area (Å²) in [5, 5.41) is 0. The Bertz CT molecular complexity index is 569. The molecule has 1 fully saturated rings. The van der Waals surface area contributed by atoms with Crippen LogP contribution in [0.2, 0.25) is 0 Å². The third-order valence-electron chi connectivity index (χ3n) is 3.81. The van der Waals surface area contributed by atoms with Crippen LogP contribution in [0.25, 0.3) is 0 Å². The van der Waals surface area contributed by atoms with Crippen molar-refractivity contribution in [2.75, 3.05) is 6.54 Å². The maximum absolute atomic E-state index is 12.7. The molecule has 0 aromatic carbocycles. The fourth-order valence-corrected chi connectivity index (χ4v) is 3.28. The van der Waals surface area contributed by atoms with E-state index >= 15 is 0 Å². The Hall–Kier alpha value is -1.10. The van der Waals surface area contributed by atoms with Gasteiger partial charge in [0.2, 0.25) is 0 Å². The summed E-state index contributed by atoms with van der Waals surface area (Å²) >= 11 is 3.55. The minimum absolute atomic E-state index is 0.0709. The van der Waals surface area contributed by atoms with Gasteiger partial charge in [-0.15, -0.1) is 0 Å². The summed E-state index contributed by atoms with van der Waals surface area (Å²) in [4.78, 5) is 19.2. The Kier molecular flexibility index (Phi) is 7.91. The van der Waals surface area contributed by atoms with E-state index in [4.69, 9.17) is 9.73 Å². The molecule has 0 unspecified atom stereocenters.